The second-order valence-corrected chi connectivity index (χ2v) is 6.14. The number of carbonyl (C=O) groups excluding carboxylic acids is 1. The monoisotopic (exact) mass is 308 g/mol. The number of thiophene rings is 1. The van der Waals surface area contributed by atoms with Gasteiger partial charge in [-0.2, -0.15) is 0 Å². The van der Waals surface area contributed by atoms with Crippen LogP contribution in [0.25, 0.3) is 0 Å². The first-order valence-electron chi connectivity index (χ1n) is 6.32. The van der Waals surface area contributed by atoms with Crippen LogP contribution in [0.4, 0.5) is 0 Å². The lowest BCUT2D eigenvalue weighted by Gasteiger charge is -2.08. The Labute approximate surface area is 126 Å². The van der Waals surface area contributed by atoms with Gasteiger partial charge in [-0.15, -0.1) is 11.3 Å². The lowest BCUT2D eigenvalue weighted by Crippen LogP contribution is -2.12. The minimum atomic E-state index is -0.0892. The number of ketones is 1. The molecule has 1 unspecified atom stereocenters. The van der Waals surface area contributed by atoms with Crippen LogP contribution in [0.15, 0.2) is 29.6 Å². The Morgan fingerprint density at radius 3 is 2.70 bits per heavy atom. The molecule has 1 aromatic heterocycles. The van der Waals surface area contributed by atoms with Gasteiger partial charge in [-0.1, -0.05) is 18.5 Å². The molecule has 1 atom stereocenters. The summed E-state index contributed by atoms with van der Waals surface area (Å²) in [5.74, 6) is 1.54. The van der Waals surface area contributed by atoms with Crippen molar-refractivity contribution in [3.05, 3.63) is 45.1 Å². The highest BCUT2D eigenvalue weighted by molar-refractivity contribution is 7.13. The molecule has 0 saturated carbocycles. The highest BCUT2D eigenvalue weighted by Gasteiger charge is 2.19. The maximum atomic E-state index is 12.4. The quantitative estimate of drug-likeness (QED) is 0.785. The van der Waals surface area contributed by atoms with E-state index < -0.39 is 0 Å². The van der Waals surface area contributed by atoms with Gasteiger partial charge in [-0.3, -0.25) is 4.79 Å². The van der Waals surface area contributed by atoms with Crippen LogP contribution in [0.5, 0.6) is 11.5 Å². The van der Waals surface area contributed by atoms with Crippen molar-refractivity contribution in [2.24, 2.45) is 5.92 Å². The summed E-state index contributed by atoms with van der Waals surface area (Å²) in [6.07, 6.45) is 0. The van der Waals surface area contributed by atoms with E-state index in [1.54, 1.807) is 29.6 Å². The van der Waals surface area contributed by atoms with Gasteiger partial charge < -0.3 is 9.47 Å². The Hall–Kier alpha value is -1.52. The molecule has 1 aliphatic rings. The van der Waals surface area contributed by atoms with E-state index in [1.165, 1.54) is 11.3 Å². The van der Waals surface area contributed by atoms with E-state index >= 15 is 0 Å². The fourth-order valence-electron chi connectivity index (χ4n) is 1.98. The Bertz CT molecular complexity index is 650. The minimum absolute atomic E-state index is 0.0892. The normalized spacial score (nSPS) is 17.6. The van der Waals surface area contributed by atoms with E-state index in [-0.39, 0.29) is 5.78 Å². The van der Waals surface area contributed by atoms with Crippen LogP contribution in [-0.4, -0.2) is 19.0 Å². The number of hydrogen-bond donors (Lipinski definition) is 0. The van der Waals surface area contributed by atoms with E-state index in [9.17, 15) is 4.79 Å². The summed E-state index contributed by atoms with van der Waals surface area (Å²) in [7, 11) is 0. The zero-order valence-electron chi connectivity index (χ0n) is 10.9. The van der Waals surface area contributed by atoms with E-state index in [1.807, 2.05) is 0 Å². The molecule has 20 heavy (non-hydrogen) atoms. The molecule has 3 rings (SSSR count). The smallest absolute Gasteiger partial charge is 0.204 e. The zero-order valence-corrected chi connectivity index (χ0v) is 12.5. The number of hydrogen-bond acceptors (Lipinski definition) is 4. The summed E-state index contributed by atoms with van der Waals surface area (Å²) in [4.78, 5) is 12.9. The number of carbonyl (C=O) groups is 1. The molecule has 104 valence electrons. The van der Waals surface area contributed by atoms with Crippen molar-refractivity contribution in [1.29, 1.82) is 0 Å². The fraction of sp³-hybridized carbons (Fsp3) is 0.267. The Balaban J connectivity index is 1.93. The number of rotatable bonds is 2. The predicted molar refractivity (Wildman–Crippen MR) is 79.4 cm³/mol. The summed E-state index contributed by atoms with van der Waals surface area (Å²) in [5.41, 5.74) is 0.561. The first kappa shape index (κ1) is 13.5. The summed E-state index contributed by atoms with van der Waals surface area (Å²) < 4.78 is 11.3. The molecule has 0 radical (unpaired) electrons. The van der Waals surface area contributed by atoms with Crippen molar-refractivity contribution in [3.8, 4) is 11.5 Å². The van der Waals surface area contributed by atoms with Gasteiger partial charge in [-0.05, 0) is 29.6 Å². The van der Waals surface area contributed by atoms with Crippen LogP contribution >= 0.6 is 22.9 Å². The average molecular weight is 309 g/mol. The Morgan fingerprint density at radius 1 is 1.25 bits per heavy atom. The topological polar surface area (TPSA) is 35.5 Å². The largest absolute Gasteiger partial charge is 0.489 e. The molecule has 1 aliphatic heterocycles. The van der Waals surface area contributed by atoms with Crippen molar-refractivity contribution in [3.63, 3.8) is 0 Å². The molecule has 0 saturated heterocycles. The molecule has 0 aliphatic carbocycles. The standard InChI is InChI=1S/C15H13ClO3S/c1-9-7-18-12-3-2-10(6-13(12)19-8-9)14(17)15-11(16)4-5-20-15/h2-6,9H,7-8H2,1H3. The van der Waals surface area contributed by atoms with Gasteiger partial charge >= 0.3 is 0 Å². The number of benzene rings is 1. The molecule has 5 heteroatoms. The van der Waals surface area contributed by atoms with Crippen molar-refractivity contribution in [2.75, 3.05) is 13.2 Å². The van der Waals surface area contributed by atoms with Crippen LogP contribution in [0, 0.1) is 5.92 Å². The van der Waals surface area contributed by atoms with Crippen molar-refractivity contribution >= 4 is 28.7 Å². The summed E-state index contributed by atoms with van der Waals surface area (Å²) in [6.45, 7) is 3.27. The first-order valence-corrected chi connectivity index (χ1v) is 7.58. The summed E-state index contributed by atoms with van der Waals surface area (Å²) in [6, 6.07) is 6.98. The third-order valence-corrected chi connectivity index (χ3v) is 4.42. The van der Waals surface area contributed by atoms with E-state index in [0.29, 0.717) is 46.1 Å². The second-order valence-electron chi connectivity index (χ2n) is 4.82. The molecule has 2 heterocycles. The van der Waals surface area contributed by atoms with Crippen LogP contribution < -0.4 is 9.47 Å². The van der Waals surface area contributed by atoms with Crippen LogP contribution in [0.2, 0.25) is 5.02 Å². The molecule has 0 bridgehead atoms. The van der Waals surface area contributed by atoms with Crippen LogP contribution in [-0.2, 0) is 0 Å². The Kier molecular flexibility index (Phi) is 3.68. The van der Waals surface area contributed by atoms with Gasteiger partial charge in [0.05, 0.1) is 23.1 Å². The van der Waals surface area contributed by atoms with Crippen LogP contribution in [0.3, 0.4) is 0 Å². The van der Waals surface area contributed by atoms with Crippen molar-refractivity contribution in [1.82, 2.24) is 0 Å². The van der Waals surface area contributed by atoms with Gasteiger partial charge in [0.2, 0.25) is 5.78 Å². The van der Waals surface area contributed by atoms with E-state index in [4.69, 9.17) is 21.1 Å². The second kappa shape index (κ2) is 5.46. The summed E-state index contributed by atoms with van der Waals surface area (Å²) >= 11 is 7.35. The van der Waals surface area contributed by atoms with Gasteiger partial charge in [0.25, 0.3) is 0 Å². The predicted octanol–water partition coefficient (Wildman–Crippen LogP) is 4.04. The Morgan fingerprint density at radius 2 is 2.00 bits per heavy atom. The molecule has 0 amide bonds. The molecule has 0 N–H and O–H groups in total. The van der Waals surface area contributed by atoms with Gasteiger partial charge in [0.15, 0.2) is 11.5 Å². The molecule has 0 spiro atoms. The summed E-state index contributed by atoms with van der Waals surface area (Å²) in [5, 5.41) is 2.29. The van der Waals surface area contributed by atoms with Crippen LogP contribution in [0.1, 0.15) is 22.2 Å². The van der Waals surface area contributed by atoms with E-state index in [0.717, 1.165) is 0 Å². The van der Waals surface area contributed by atoms with Crippen molar-refractivity contribution in [2.45, 2.75) is 6.92 Å². The molecule has 1 aromatic carbocycles. The van der Waals surface area contributed by atoms with Gasteiger partial charge in [0, 0.05) is 11.5 Å². The highest BCUT2D eigenvalue weighted by Crippen LogP contribution is 2.33. The fourth-order valence-corrected chi connectivity index (χ4v) is 3.08. The maximum Gasteiger partial charge on any atom is 0.204 e. The number of halogens is 1. The highest BCUT2D eigenvalue weighted by atomic mass is 35.5. The average Bonchev–Trinajstić information content (AvgIpc) is 2.79. The molecular formula is C15H13ClO3S. The number of ether oxygens (including phenoxy) is 2. The SMILES string of the molecule is CC1COc2ccc(C(=O)c3sccc3Cl)cc2OC1. The third-order valence-electron chi connectivity index (χ3n) is 3.08. The maximum absolute atomic E-state index is 12.4. The molecular weight excluding hydrogens is 296 g/mol. The molecule has 0 fully saturated rings. The van der Waals surface area contributed by atoms with Crippen molar-refractivity contribution < 1.29 is 14.3 Å². The molecule has 2 aromatic rings. The number of fused-ring (bicyclic) bond motifs is 1. The first-order chi connectivity index (χ1) is 9.65. The lowest BCUT2D eigenvalue weighted by atomic mass is 10.1. The zero-order chi connectivity index (χ0) is 14.1. The third kappa shape index (κ3) is 2.53. The minimum Gasteiger partial charge on any atom is -0.489 e. The van der Waals surface area contributed by atoms with Gasteiger partial charge in [0.1, 0.15) is 0 Å². The lowest BCUT2D eigenvalue weighted by molar-refractivity contribution is 0.104. The molecule has 3 nitrogen and oxygen atoms in total. The van der Waals surface area contributed by atoms with Gasteiger partial charge in [-0.25, -0.2) is 0 Å². The van der Waals surface area contributed by atoms with E-state index in [2.05, 4.69) is 6.92 Å².